The number of hydrogen-bond donors (Lipinski definition) is 2. The number of hydrogen-bond acceptors (Lipinski definition) is 3. The largest absolute Gasteiger partial charge is 0.393 e. The second-order valence-electron chi connectivity index (χ2n) is 4.71. The standard InChI is InChI=1S/C13H19ClN2O/c1-9(15)12-3-2-10(8-13(12)14)16-6-4-11(17)5-7-16/h2-3,8-9,11,17H,4-7,15H2,1H3. The molecule has 1 fully saturated rings. The molecule has 3 nitrogen and oxygen atoms in total. The minimum absolute atomic E-state index is 0.0419. The molecule has 0 aromatic heterocycles. The number of aliphatic hydroxyl groups excluding tert-OH is 1. The zero-order chi connectivity index (χ0) is 12.4. The number of benzene rings is 1. The lowest BCUT2D eigenvalue weighted by atomic mass is 10.1. The van der Waals surface area contributed by atoms with Gasteiger partial charge in [0.15, 0.2) is 0 Å². The van der Waals surface area contributed by atoms with Crippen molar-refractivity contribution in [2.45, 2.75) is 31.9 Å². The molecule has 1 aromatic carbocycles. The summed E-state index contributed by atoms with van der Waals surface area (Å²) < 4.78 is 0. The van der Waals surface area contributed by atoms with Gasteiger partial charge in [-0.25, -0.2) is 0 Å². The van der Waals surface area contributed by atoms with Gasteiger partial charge in [0.05, 0.1) is 6.10 Å². The monoisotopic (exact) mass is 254 g/mol. The van der Waals surface area contributed by atoms with E-state index in [0.29, 0.717) is 0 Å². The predicted octanol–water partition coefficient (Wildman–Crippen LogP) is 2.32. The molecule has 4 heteroatoms. The summed E-state index contributed by atoms with van der Waals surface area (Å²) in [5, 5.41) is 10.2. The van der Waals surface area contributed by atoms with Crippen molar-refractivity contribution in [2.24, 2.45) is 5.73 Å². The van der Waals surface area contributed by atoms with Gasteiger partial charge in [0.25, 0.3) is 0 Å². The summed E-state index contributed by atoms with van der Waals surface area (Å²) in [5.74, 6) is 0. The van der Waals surface area contributed by atoms with Crippen molar-refractivity contribution >= 4 is 17.3 Å². The highest BCUT2D eigenvalue weighted by Crippen LogP contribution is 2.28. The highest BCUT2D eigenvalue weighted by atomic mass is 35.5. The maximum absolute atomic E-state index is 9.48. The number of anilines is 1. The van der Waals surface area contributed by atoms with Gasteiger partial charge in [-0.3, -0.25) is 0 Å². The minimum Gasteiger partial charge on any atom is -0.393 e. The van der Waals surface area contributed by atoms with Gasteiger partial charge in [0.2, 0.25) is 0 Å². The van der Waals surface area contributed by atoms with E-state index in [1.165, 1.54) is 0 Å². The maximum Gasteiger partial charge on any atom is 0.0574 e. The third-order valence-corrected chi connectivity index (χ3v) is 3.63. The maximum atomic E-state index is 9.48. The smallest absolute Gasteiger partial charge is 0.0574 e. The van der Waals surface area contributed by atoms with Crippen LogP contribution >= 0.6 is 11.6 Å². The summed E-state index contributed by atoms with van der Waals surface area (Å²) in [6.45, 7) is 3.70. The molecule has 1 unspecified atom stereocenters. The van der Waals surface area contributed by atoms with Crippen molar-refractivity contribution in [3.63, 3.8) is 0 Å². The fourth-order valence-corrected chi connectivity index (χ4v) is 2.55. The Hall–Kier alpha value is -0.770. The summed E-state index contributed by atoms with van der Waals surface area (Å²) in [5.41, 5.74) is 7.93. The Balaban J connectivity index is 2.14. The molecule has 1 heterocycles. The molecule has 17 heavy (non-hydrogen) atoms. The molecule has 2 rings (SSSR count). The Morgan fingerprint density at radius 1 is 1.41 bits per heavy atom. The van der Waals surface area contributed by atoms with Crippen LogP contribution < -0.4 is 10.6 Å². The van der Waals surface area contributed by atoms with Crippen molar-refractivity contribution in [2.75, 3.05) is 18.0 Å². The van der Waals surface area contributed by atoms with E-state index < -0.39 is 0 Å². The molecule has 1 aromatic rings. The lowest BCUT2D eigenvalue weighted by molar-refractivity contribution is 0.145. The van der Waals surface area contributed by atoms with Crippen molar-refractivity contribution in [1.82, 2.24) is 0 Å². The van der Waals surface area contributed by atoms with Crippen LogP contribution in [0.2, 0.25) is 5.02 Å². The molecule has 0 radical (unpaired) electrons. The molecule has 1 atom stereocenters. The van der Waals surface area contributed by atoms with Crippen LogP contribution in [0.25, 0.3) is 0 Å². The molecule has 1 aliphatic rings. The first-order chi connectivity index (χ1) is 8.08. The van der Waals surface area contributed by atoms with Gasteiger partial charge in [-0.05, 0) is 37.5 Å². The van der Waals surface area contributed by atoms with E-state index in [-0.39, 0.29) is 12.1 Å². The molecule has 1 saturated heterocycles. The average Bonchev–Trinajstić information content (AvgIpc) is 2.29. The molecule has 0 saturated carbocycles. The van der Waals surface area contributed by atoms with Crippen molar-refractivity contribution in [1.29, 1.82) is 0 Å². The summed E-state index contributed by atoms with van der Waals surface area (Å²) in [7, 11) is 0. The average molecular weight is 255 g/mol. The SMILES string of the molecule is CC(N)c1ccc(N2CCC(O)CC2)cc1Cl. The second kappa shape index (κ2) is 5.25. The van der Waals surface area contributed by atoms with Crippen LogP contribution in [-0.2, 0) is 0 Å². The number of rotatable bonds is 2. The van der Waals surface area contributed by atoms with Crippen molar-refractivity contribution in [3.8, 4) is 0 Å². The molecule has 94 valence electrons. The summed E-state index contributed by atoms with van der Waals surface area (Å²) in [6, 6.07) is 5.98. The van der Waals surface area contributed by atoms with E-state index in [0.717, 1.165) is 42.2 Å². The third-order valence-electron chi connectivity index (χ3n) is 3.30. The molecule has 3 N–H and O–H groups in total. The first-order valence-corrected chi connectivity index (χ1v) is 6.44. The minimum atomic E-state index is -0.148. The lowest BCUT2D eigenvalue weighted by Gasteiger charge is -2.31. The quantitative estimate of drug-likeness (QED) is 0.852. The zero-order valence-corrected chi connectivity index (χ0v) is 10.8. The molecule has 0 bridgehead atoms. The van der Waals surface area contributed by atoms with E-state index in [2.05, 4.69) is 11.0 Å². The molecule has 1 aliphatic heterocycles. The highest BCUT2D eigenvalue weighted by Gasteiger charge is 2.18. The highest BCUT2D eigenvalue weighted by molar-refractivity contribution is 6.31. The predicted molar refractivity (Wildman–Crippen MR) is 71.5 cm³/mol. The normalized spacial score (nSPS) is 19.4. The number of nitrogens with two attached hydrogens (primary N) is 1. The Morgan fingerprint density at radius 3 is 2.59 bits per heavy atom. The number of aliphatic hydroxyl groups is 1. The Labute approximate surface area is 107 Å². The number of halogens is 1. The lowest BCUT2D eigenvalue weighted by Crippen LogP contribution is -2.35. The second-order valence-corrected chi connectivity index (χ2v) is 5.12. The summed E-state index contributed by atoms with van der Waals surface area (Å²) in [4.78, 5) is 2.25. The van der Waals surface area contributed by atoms with Gasteiger partial charge < -0.3 is 15.7 Å². The van der Waals surface area contributed by atoms with Crippen LogP contribution in [-0.4, -0.2) is 24.3 Å². The number of piperidine rings is 1. The van der Waals surface area contributed by atoms with Crippen molar-refractivity contribution in [3.05, 3.63) is 28.8 Å². The van der Waals surface area contributed by atoms with Gasteiger partial charge in [-0.1, -0.05) is 17.7 Å². The summed E-state index contributed by atoms with van der Waals surface area (Å²) >= 11 is 6.22. The van der Waals surface area contributed by atoms with E-state index in [1.807, 2.05) is 19.1 Å². The van der Waals surface area contributed by atoms with Crippen LogP contribution in [0.4, 0.5) is 5.69 Å². The Bertz CT molecular complexity index is 387. The van der Waals surface area contributed by atoms with Gasteiger partial charge in [-0.15, -0.1) is 0 Å². The van der Waals surface area contributed by atoms with E-state index in [4.69, 9.17) is 17.3 Å². The molecule has 0 spiro atoms. The third kappa shape index (κ3) is 2.92. The topological polar surface area (TPSA) is 49.5 Å². The van der Waals surface area contributed by atoms with Gasteiger partial charge in [0.1, 0.15) is 0 Å². The van der Waals surface area contributed by atoms with Crippen molar-refractivity contribution < 1.29 is 5.11 Å². The van der Waals surface area contributed by atoms with Crippen LogP contribution in [0.1, 0.15) is 31.4 Å². The van der Waals surface area contributed by atoms with E-state index in [1.54, 1.807) is 0 Å². The number of nitrogens with zero attached hydrogens (tertiary/aromatic N) is 1. The van der Waals surface area contributed by atoms with Gasteiger partial charge >= 0.3 is 0 Å². The molecular weight excluding hydrogens is 236 g/mol. The Kier molecular flexibility index (Phi) is 3.92. The first kappa shape index (κ1) is 12.7. The van der Waals surface area contributed by atoms with Gasteiger partial charge in [0, 0.05) is 29.8 Å². The fraction of sp³-hybridized carbons (Fsp3) is 0.538. The fourth-order valence-electron chi connectivity index (χ4n) is 2.21. The van der Waals surface area contributed by atoms with E-state index in [9.17, 15) is 5.11 Å². The molecule has 0 aliphatic carbocycles. The molecule has 0 amide bonds. The van der Waals surface area contributed by atoms with Gasteiger partial charge in [-0.2, -0.15) is 0 Å². The van der Waals surface area contributed by atoms with E-state index >= 15 is 0 Å². The molecular formula is C13H19ClN2O. The zero-order valence-electron chi connectivity index (χ0n) is 10.1. The van der Waals surface area contributed by atoms with Crippen LogP contribution in [0.5, 0.6) is 0 Å². The van der Waals surface area contributed by atoms with Crippen LogP contribution in [0, 0.1) is 0 Å². The first-order valence-electron chi connectivity index (χ1n) is 6.06. The Morgan fingerprint density at radius 2 is 2.06 bits per heavy atom. The summed E-state index contributed by atoms with van der Waals surface area (Å²) in [6.07, 6.45) is 1.50. The van der Waals surface area contributed by atoms with Crippen LogP contribution in [0.15, 0.2) is 18.2 Å². The van der Waals surface area contributed by atoms with Crippen LogP contribution in [0.3, 0.4) is 0 Å².